The quantitative estimate of drug-likeness (QED) is 0.474. The van der Waals surface area contributed by atoms with Gasteiger partial charge in [0.15, 0.2) is 0 Å². The Labute approximate surface area is 137 Å². The number of nitro groups is 1. The first-order valence-corrected chi connectivity index (χ1v) is 7.64. The summed E-state index contributed by atoms with van der Waals surface area (Å²) in [6.07, 6.45) is 0. The van der Waals surface area contributed by atoms with Gasteiger partial charge in [0.05, 0.1) is 12.7 Å². The molecule has 0 saturated heterocycles. The fourth-order valence-corrected chi connectivity index (χ4v) is 3.43. The first-order chi connectivity index (χ1) is 11.0. The summed E-state index contributed by atoms with van der Waals surface area (Å²) in [6.45, 7) is -0.334. The van der Waals surface area contributed by atoms with Crippen molar-refractivity contribution < 1.29 is 19.6 Å². The van der Waals surface area contributed by atoms with E-state index >= 15 is 0 Å². The minimum atomic E-state index is -1.06. The Morgan fingerprint density at radius 3 is 2.57 bits per heavy atom. The maximum atomic E-state index is 11.3. The molecule has 0 aliphatic rings. The normalized spacial score (nSPS) is 11.7. The number of para-hydroxylation sites is 1. The van der Waals surface area contributed by atoms with Gasteiger partial charge in [-0.2, -0.15) is 0 Å². The summed E-state index contributed by atoms with van der Waals surface area (Å²) < 4.78 is 5.27. The van der Waals surface area contributed by atoms with Crippen molar-refractivity contribution in [1.29, 1.82) is 0 Å². The average Bonchev–Trinajstić information content (AvgIpc) is 2.54. The predicted molar refractivity (Wildman–Crippen MR) is 86.9 cm³/mol. The van der Waals surface area contributed by atoms with Crippen molar-refractivity contribution >= 4 is 17.7 Å². The first-order valence-electron chi connectivity index (χ1n) is 6.76. The summed E-state index contributed by atoms with van der Waals surface area (Å²) in [6, 6.07) is 13.5. The molecule has 7 heteroatoms. The van der Waals surface area contributed by atoms with E-state index in [0.29, 0.717) is 16.2 Å². The van der Waals surface area contributed by atoms with E-state index in [1.54, 1.807) is 42.5 Å². The van der Waals surface area contributed by atoms with Crippen LogP contribution in [-0.4, -0.2) is 29.7 Å². The molecule has 6 nitrogen and oxygen atoms in total. The molecule has 0 aliphatic carbocycles. The Morgan fingerprint density at radius 2 is 1.91 bits per heavy atom. The number of carbonyl (C=O) groups is 1. The van der Waals surface area contributed by atoms with Crippen LogP contribution in [0.25, 0.3) is 0 Å². The standard InChI is InChI=1S/C16H15NO5S/c1-22-13-8-4-2-6-11(13)15(10-17(20)21)23-14-9-5-3-7-12(14)16(18)19/h2-9,15H,10H2,1H3,(H,18,19). The molecule has 0 aromatic heterocycles. The van der Waals surface area contributed by atoms with E-state index in [1.807, 2.05) is 0 Å². The van der Waals surface area contributed by atoms with E-state index in [2.05, 4.69) is 0 Å². The molecule has 1 N–H and O–H groups in total. The molecule has 1 unspecified atom stereocenters. The Kier molecular flexibility index (Phi) is 5.59. The lowest BCUT2D eigenvalue weighted by molar-refractivity contribution is -0.479. The number of aromatic carboxylic acids is 1. The second-order valence-corrected chi connectivity index (χ2v) is 5.91. The highest BCUT2D eigenvalue weighted by Gasteiger charge is 2.24. The third-order valence-electron chi connectivity index (χ3n) is 3.19. The zero-order chi connectivity index (χ0) is 16.8. The lowest BCUT2D eigenvalue weighted by Crippen LogP contribution is -2.11. The summed E-state index contributed by atoms with van der Waals surface area (Å²) in [7, 11) is 1.50. The number of benzene rings is 2. The van der Waals surface area contributed by atoms with Crippen LogP contribution in [0.3, 0.4) is 0 Å². The highest BCUT2D eigenvalue weighted by molar-refractivity contribution is 7.99. The number of hydrogen-bond donors (Lipinski definition) is 1. The highest BCUT2D eigenvalue weighted by atomic mass is 32.2. The summed E-state index contributed by atoms with van der Waals surface area (Å²) >= 11 is 1.15. The molecule has 0 fully saturated rings. The molecular weight excluding hydrogens is 318 g/mol. The van der Waals surface area contributed by atoms with Gasteiger partial charge in [0.1, 0.15) is 11.0 Å². The van der Waals surface area contributed by atoms with E-state index in [-0.39, 0.29) is 12.1 Å². The molecule has 0 amide bonds. The monoisotopic (exact) mass is 333 g/mol. The van der Waals surface area contributed by atoms with Gasteiger partial charge in [-0.15, -0.1) is 11.8 Å². The van der Waals surface area contributed by atoms with Gasteiger partial charge in [0.2, 0.25) is 6.54 Å². The zero-order valence-corrected chi connectivity index (χ0v) is 13.2. The number of hydrogen-bond acceptors (Lipinski definition) is 5. The molecule has 0 aliphatic heterocycles. The topological polar surface area (TPSA) is 89.7 Å². The second-order valence-electron chi connectivity index (χ2n) is 4.67. The van der Waals surface area contributed by atoms with Gasteiger partial charge in [-0.1, -0.05) is 30.3 Å². The van der Waals surface area contributed by atoms with Crippen LogP contribution in [-0.2, 0) is 0 Å². The van der Waals surface area contributed by atoms with Crippen molar-refractivity contribution in [3.05, 3.63) is 69.8 Å². The maximum absolute atomic E-state index is 11.3. The van der Waals surface area contributed by atoms with Crippen molar-refractivity contribution in [3.63, 3.8) is 0 Å². The lowest BCUT2D eigenvalue weighted by Gasteiger charge is -2.17. The van der Waals surface area contributed by atoms with Crippen molar-refractivity contribution in [2.24, 2.45) is 0 Å². The van der Waals surface area contributed by atoms with Crippen LogP contribution in [0.2, 0.25) is 0 Å². The van der Waals surface area contributed by atoms with Gasteiger partial charge in [-0.05, 0) is 18.2 Å². The molecule has 0 bridgehead atoms. The number of ether oxygens (including phenoxy) is 1. The lowest BCUT2D eigenvalue weighted by atomic mass is 10.1. The largest absolute Gasteiger partial charge is 0.496 e. The van der Waals surface area contributed by atoms with Crippen LogP contribution in [0.15, 0.2) is 53.4 Å². The van der Waals surface area contributed by atoms with Crippen LogP contribution >= 0.6 is 11.8 Å². The molecule has 2 aromatic rings. The Morgan fingerprint density at radius 1 is 1.26 bits per heavy atom. The third-order valence-corrected chi connectivity index (χ3v) is 4.48. The molecule has 2 aromatic carbocycles. The van der Waals surface area contributed by atoms with Crippen molar-refractivity contribution in [1.82, 2.24) is 0 Å². The molecule has 0 spiro atoms. The van der Waals surface area contributed by atoms with E-state index in [1.165, 1.54) is 13.2 Å². The molecule has 120 valence electrons. The van der Waals surface area contributed by atoms with Gasteiger partial charge in [0, 0.05) is 15.4 Å². The minimum Gasteiger partial charge on any atom is -0.496 e. The van der Waals surface area contributed by atoms with Crippen LogP contribution in [0.5, 0.6) is 5.75 Å². The molecule has 2 rings (SSSR count). The molecule has 1 atom stereocenters. The highest BCUT2D eigenvalue weighted by Crippen LogP contribution is 2.40. The number of carboxylic acids is 1. The average molecular weight is 333 g/mol. The van der Waals surface area contributed by atoms with Crippen molar-refractivity contribution in [2.45, 2.75) is 10.1 Å². The van der Waals surface area contributed by atoms with Crippen molar-refractivity contribution in [3.8, 4) is 5.75 Å². The molecular formula is C16H15NO5S. The molecule has 0 radical (unpaired) electrons. The van der Waals surface area contributed by atoms with E-state index in [9.17, 15) is 20.0 Å². The Hall–Kier alpha value is -2.54. The number of methoxy groups -OCH3 is 1. The SMILES string of the molecule is COc1ccccc1C(C[N+](=O)[O-])Sc1ccccc1C(=O)O. The van der Waals surface area contributed by atoms with Crippen LogP contribution in [0.4, 0.5) is 0 Å². The minimum absolute atomic E-state index is 0.126. The summed E-state index contributed by atoms with van der Waals surface area (Å²) in [5.74, 6) is -0.521. The number of rotatable bonds is 7. The number of thioether (sulfide) groups is 1. The van der Waals surface area contributed by atoms with Crippen LogP contribution < -0.4 is 4.74 Å². The van der Waals surface area contributed by atoms with Gasteiger partial charge >= 0.3 is 5.97 Å². The maximum Gasteiger partial charge on any atom is 0.336 e. The van der Waals surface area contributed by atoms with E-state index < -0.39 is 16.1 Å². The second kappa shape index (κ2) is 7.64. The molecule has 0 saturated carbocycles. The summed E-state index contributed by atoms with van der Waals surface area (Å²) in [5.41, 5.74) is 0.789. The summed E-state index contributed by atoms with van der Waals surface area (Å²) in [5, 5.41) is 19.7. The van der Waals surface area contributed by atoms with Gasteiger partial charge in [-0.3, -0.25) is 10.1 Å². The summed E-state index contributed by atoms with van der Waals surface area (Å²) in [4.78, 5) is 22.4. The fraction of sp³-hybridized carbons (Fsp3) is 0.188. The van der Waals surface area contributed by atoms with Gasteiger partial charge in [0.25, 0.3) is 0 Å². The Bertz CT molecular complexity index is 719. The van der Waals surface area contributed by atoms with Gasteiger partial charge < -0.3 is 9.84 Å². The van der Waals surface area contributed by atoms with Crippen LogP contribution in [0.1, 0.15) is 21.2 Å². The molecule has 23 heavy (non-hydrogen) atoms. The van der Waals surface area contributed by atoms with Gasteiger partial charge in [-0.25, -0.2) is 4.79 Å². The predicted octanol–water partition coefficient (Wildman–Crippen LogP) is 3.50. The first kappa shape index (κ1) is 16.8. The molecule has 0 heterocycles. The third kappa shape index (κ3) is 4.23. The van der Waals surface area contributed by atoms with Crippen molar-refractivity contribution in [2.75, 3.05) is 13.7 Å². The fourth-order valence-electron chi connectivity index (χ4n) is 2.17. The Balaban J connectivity index is 2.41. The number of nitrogens with zero attached hydrogens (tertiary/aromatic N) is 1. The van der Waals surface area contributed by atoms with E-state index in [0.717, 1.165) is 11.8 Å². The zero-order valence-electron chi connectivity index (χ0n) is 12.3. The van der Waals surface area contributed by atoms with Crippen LogP contribution in [0, 0.1) is 10.1 Å². The van der Waals surface area contributed by atoms with E-state index in [4.69, 9.17) is 4.74 Å². The smallest absolute Gasteiger partial charge is 0.336 e. The number of carboxylic acid groups (broad SMARTS) is 1.